The summed E-state index contributed by atoms with van der Waals surface area (Å²) < 4.78 is 30.1. The molecule has 0 radical (unpaired) electrons. The molecule has 0 aliphatic rings. The van der Waals surface area contributed by atoms with Crippen molar-refractivity contribution < 1.29 is 8.42 Å². The molecule has 0 saturated heterocycles. The third kappa shape index (κ3) is 2.70. The van der Waals surface area contributed by atoms with E-state index < -0.39 is 10.0 Å². The Hall–Kier alpha value is -1.90. The predicted molar refractivity (Wildman–Crippen MR) is 92.3 cm³/mol. The zero-order chi connectivity index (χ0) is 17.5. The van der Waals surface area contributed by atoms with E-state index in [0.29, 0.717) is 12.4 Å². The molecule has 0 aliphatic carbocycles. The molecule has 0 atom stereocenters. The van der Waals surface area contributed by atoms with Crippen molar-refractivity contribution in [3.63, 3.8) is 0 Å². The monoisotopic (exact) mass is 367 g/mol. The number of hydrogen-bond acceptors (Lipinski definition) is 4. The van der Waals surface area contributed by atoms with Crippen LogP contribution in [0.2, 0.25) is 5.15 Å². The van der Waals surface area contributed by atoms with E-state index in [2.05, 4.69) is 9.97 Å². The molecule has 0 saturated carbocycles. The molecule has 7 nitrogen and oxygen atoms in total. The van der Waals surface area contributed by atoms with Crippen LogP contribution in [0, 0.1) is 0 Å². The lowest BCUT2D eigenvalue weighted by Gasteiger charge is -2.16. The lowest BCUT2D eigenvalue weighted by molar-refractivity contribution is 0.447. The Balaban J connectivity index is 1.98. The first-order valence-electron chi connectivity index (χ1n) is 7.43. The molecule has 0 spiro atoms. The molecule has 0 N–H and O–H groups in total. The number of para-hydroxylation sites is 2. The lowest BCUT2D eigenvalue weighted by atomic mass is 10.3. The van der Waals surface area contributed by atoms with Crippen molar-refractivity contribution in [3.05, 3.63) is 41.6 Å². The van der Waals surface area contributed by atoms with Crippen LogP contribution in [0.3, 0.4) is 0 Å². The largest absolute Gasteiger partial charge is 0.327 e. The minimum Gasteiger partial charge on any atom is -0.327 e. The van der Waals surface area contributed by atoms with E-state index in [0.717, 1.165) is 11.0 Å². The summed E-state index contributed by atoms with van der Waals surface area (Å²) in [7, 11) is -0.650. The highest BCUT2D eigenvalue weighted by molar-refractivity contribution is 7.89. The summed E-state index contributed by atoms with van der Waals surface area (Å²) in [6.45, 7) is 2.84. The molecule has 0 bridgehead atoms. The van der Waals surface area contributed by atoms with Gasteiger partial charge in [-0.1, -0.05) is 23.7 Å². The van der Waals surface area contributed by atoms with Gasteiger partial charge < -0.3 is 9.13 Å². The average molecular weight is 368 g/mol. The van der Waals surface area contributed by atoms with E-state index in [9.17, 15) is 8.42 Å². The van der Waals surface area contributed by atoms with E-state index >= 15 is 0 Å². The van der Waals surface area contributed by atoms with Crippen LogP contribution in [0.1, 0.15) is 12.7 Å². The van der Waals surface area contributed by atoms with Gasteiger partial charge in [-0.15, -0.1) is 0 Å². The fourth-order valence-electron chi connectivity index (χ4n) is 2.60. The first kappa shape index (κ1) is 16.9. The summed E-state index contributed by atoms with van der Waals surface area (Å²) in [4.78, 5) is 8.47. The summed E-state index contributed by atoms with van der Waals surface area (Å²) in [6, 6.07) is 7.73. The van der Waals surface area contributed by atoms with Crippen molar-refractivity contribution >= 4 is 32.7 Å². The number of hydrogen-bond donors (Lipinski definition) is 0. The Labute approximate surface area is 145 Å². The Morgan fingerprint density at radius 3 is 2.62 bits per heavy atom. The molecule has 0 aliphatic heterocycles. The summed E-state index contributed by atoms with van der Waals surface area (Å²) in [5.41, 5.74) is 1.83. The van der Waals surface area contributed by atoms with Crippen LogP contribution in [0.4, 0.5) is 0 Å². The highest BCUT2D eigenvalue weighted by atomic mass is 35.5. The average Bonchev–Trinajstić information content (AvgIpc) is 3.07. The number of rotatable bonds is 5. The molecule has 2 heterocycles. The third-order valence-electron chi connectivity index (χ3n) is 3.90. The first-order chi connectivity index (χ1) is 11.4. The second-order valence-corrected chi connectivity index (χ2v) is 7.79. The van der Waals surface area contributed by atoms with Crippen LogP contribution in [0.15, 0.2) is 35.6 Å². The van der Waals surface area contributed by atoms with Crippen LogP contribution >= 0.6 is 11.6 Å². The van der Waals surface area contributed by atoms with Gasteiger partial charge in [0, 0.05) is 20.6 Å². The van der Waals surface area contributed by atoms with Crippen molar-refractivity contribution in [2.24, 2.45) is 7.05 Å². The normalized spacial score (nSPS) is 12.4. The van der Waals surface area contributed by atoms with Gasteiger partial charge in [0.15, 0.2) is 0 Å². The zero-order valence-corrected chi connectivity index (χ0v) is 15.2. The topological polar surface area (TPSA) is 73.0 Å². The quantitative estimate of drug-likeness (QED) is 0.693. The van der Waals surface area contributed by atoms with E-state index in [-0.39, 0.29) is 16.7 Å². The number of aryl methyl sites for hydroxylation is 2. The highest BCUT2D eigenvalue weighted by Crippen LogP contribution is 2.24. The fraction of sp³-hybridized carbons (Fsp3) is 0.333. The van der Waals surface area contributed by atoms with Gasteiger partial charge in [0.2, 0.25) is 5.03 Å². The van der Waals surface area contributed by atoms with E-state index in [4.69, 9.17) is 11.6 Å². The van der Waals surface area contributed by atoms with Gasteiger partial charge in [0.05, 0.1) is 23.9 Å². The van der Waals surface area contributed by atoms with Gasteiger partial charge >= 0.3 is 0 Å². The molecule has 9 heteroatoms. The maximum atomic E-state index is 12.7. The molecule has 3 rings (SSSR count). The van der Waals surface area contributed by atoms with E-state index in [1.54, 1.807) is 7.05 Å². The summed E-state index contributed by atoms with van der Waals surface area (Å²) in [5, 5.41) is -0.0563. The number of aromatic nitrogens is 4. The van der Waals surface area contributed by atoms with Crippen molar-refractivity contribution in [3.8, 4) is 0 Å². The van der Waals surface area contributed by atoms with Gasteiger partial charge in [-0.05, 0) is 19.1 Å². The third-order valence-corrected chi connectivity index (χ3v) is 6.20. The molecule has 3 aromatic rings. The van der Waals surface area contributed by atoms with E-state index in [1.165, 1.54) is 22.2 Å². The minimum atomic E-state index is -3.79. The van der Waals surface area contributed by atoms with Crippen LogP contribution in [-0.4, -0.2) is 38.9 Å². The number of halogens is 1. The van der Waals surface area contributed by atoms with Crippen molar-refractivity contribution in [2.75, 3.05) is 7.05 Å². The Kier molecular flexibility index (Phi) is 4.37. The number of fused-ring (bicyclic) bond motifs is 1. The van der Waals surface area contributed by atoms with Crippen molar-refractivity contribution in [2.45, 2.75) is 25.0 Å². The number of benzene rings is 1. The van der Waals surface area contributed by atoms with Crippen LogP contribution in [0.5, 0.6) is 0 Å². The van der Waals surface area contributed by atoms with E-state index in [1.807, 2.05) is 35.8 Å². The minimum absolute atomic E-state index is 0.0887. The van der Waals surface area contributed by atoms with Crippen LogP contribution in [0.25, 0.3) is 11.0 Å². The Morgan fingerprint density at radius 1 is 1.29 bits per heavy atom. The van der Waals surface area contributed by atoms with Gasteiger partial charge in [-0.3, -0.25) is 0 Å². The molecule has 0 unspecified atom stereocenters. The fourth-order valence-corrected chi connectivity index (χ4v) is 4.10. The summed E-state index contributed by atoms with van der Waals surface area (Å²) in [6.07, 6.45) is 1.38. The standard InChI is InChI=1S/C15H18ClN5O2S/c1-4-21-12-8-6-5-7-11(12)18-13(21)9-20(3)24(22,23)15-14(16)19(2)10-17-15/h5-8,10H,4,9H2,1-3H3. The van der Waals surface area contributed by atoms with Gasteiger partial charge in [0.25, 0.3) is 10.0 Å². The molecule has 0 amide bonds. The Morgan fingerprint density at radius 2 is 2.00 bits per heavy atom. The van der Waals surface area contributed by atoms with Crippen molar-refractivity contribution in [1.29, 1.82) is 0 Å². The number of sulfonamides is 1. The maximum Gasteiger partial charge on any atom is 0.263 e. The van der Waals surface area contributed by atoms with Gasteiger partial charge in [-0.25, -0.2) is 18.4 Å². The second-order valence-electron chi connectivity index (χ2n) is 5.47. The van der Waals surface area contributed by atoms with Crippen LogP contribution in [-0.2, 0) is 30.2 Å². The van der Waals surface area contributed by atoms with Gasteiger partial charge in [0.1, 0.15) is 11.0 Å². The maximum absolute atomic E-state index is 12.7. The van der Waals surface area contributed by atoms with Crippen molar-refractivity contribution in [1.82, 2.24) is 23.4 Å². The summed E-state index contributed by atoms with van der Waals surface area (Å²) >= 11 is 6.04. The molecule has 0 fully saturated rings. The highest BCUT2D eigenvalue weighted by Gasteiger charge is 2.28. The van der Waals surface area contributed by atoms with Crippen LogP contribution < -0.4 is 0 Å². The molecule has 2 aromatic heterocycles. The smallest absolute Gasteiger partial charge is 0.263 e. The predicted octanol–water partition coefficient (Wildman–Crippen LogP) is 2.26. The molecule has 24 heavy (non-hydrogen) atoms. The Bertz CT molecular complexity index is 993. The number of imidazole rings is 2. The SMILES string of the molecule is CCn1c(CN(C)S(=O)(=O)c2ncn(C)c2Cl)nc2ccccc21. The molecular weight excluding hydrogens is 350 g/mol. The first-order valence-corrected chi connectivity index (χ1v) is 9.25. The molecule has 128 valence electrons. The number of nitrogens with zero attached hydrogens (tertiary/aromatic N) is 5. The zero-order valence-electron chi connectivity index (χ0n) is 13.6. The molecular formula is C15H18ClN5O2S. The van der Waals surface area contributed by atoms with Gasteiger partial charge in [-0.2, -0.15) is 4.31 Å². The molecule has 1 aromatic carbocycles. The summed E-state index contributed by atoms with van der Waals surface area (Å²) in [5.74, 6) is 0.678. The lowest BCUT2D eigenvalue weighted by Crippen LogP contribution is -2.28. The second kappa shape index (κ2) is 6.19.